The van der Waals surface area contributed by atoms with Crippen LogP contribution in [0.3, 0.4) is 0 Å². The summed E-state index contributed by atoms with van der Waals surface area (Å²) in [5, 5.41) is 12.2. The number of amides is 1. The SMILES string of the molecule is Cc1cccc(C2C(C(=O)c3cc4cc(Cl)ccc4o3)=C(O)C(=O)N2c2ccc(CC(=O)OC(C)C)cc2)c1. The number of halogens is 1. The molecule has 4 aromatic rings. The van der Waals surface area contributed by atoms with E-state index in [0.29, 0.717) is 32.8 Å². The summed E-state index contributed by atoms with van der Waals surface area (Å²) in [6, 6.07) is 19.8. The topological polar surface area (TPSA) is 97.0 Å². The van der Waals surface area contributed by atoms with E-state index in [4.69, 9.17) is 20.8 Å². The molecule has 8 heteroatoms. The number of aliphatic hydroxyl groups excluding tert-OH is 1. The molecule has 0 spiro atoms. The summed E-state index contributed by atoms with van der Waals surface area (Å²) in [7, 11) is 0. The van der Waals surface area contributed by atoms with Crippen LogP contribution in [0.1, 0.15) is 47.1 Å². The van der Waals surface area contributed by atoms with Crippen LogP contribution in [0.15, 0.2) is 88.5 Å². The lowest BCUT2D eigenvalue weighted by Crippen LogP contribution is -2.31. The molecule has 0 fully saturated rings. The van der Waals surface area contributed by atoms with Crippen LogP contribution in [0.5, 0.6) is 0 Å². The third kappa shape index (κ3) is 5.18. The molecule has 0 bridgehead atoms. The van der Waals surface area contributed by atoms with Gasteiger partial charge in [-0.2, -0.15) is 0 Å². The fourth-order valence-corrected chi connectivity index (χ4v) is 4.94. The Bertz CT molecular complexity index is 1630. The number of fused-ring (bicyclic) bond motifs is 1. The molecule has 0 aliphatic carbocycles. The highest BCUT2D eigenvalue weighted by Gasteiger charge is 2.45. The summed E-state index contributed by atoms with van der Waals surface area (Å²) in [6.45, 7) is 5.47. The van der Waals surface area contributed by atoms with Gasteiger partial charge >= 0.3 is 5.97 Å². The summed E-state index contributed by atoms with van der Waals surface area (Å²) >= 11 is 6.09. The van der Waals surface area contributed by atoms with Crippen LogP contribution in [0, 0.1) is 6.92 Å². The van der Waals surface area contributed by atoms with Crippen molar-refractivity contribution in [3.05, 3.63) is 112 Å². The van der Waals surface area contributed by atoms with E-state index in [-0.39, 0.29) is 29.8 Å². The van der Waals surface area contributed by atoms with Crippen LogP contribution in [0.25, 0.3) is 11.0 Å². The molecule has 0 saturated heterocycles. The zero-order valence-electron chi connectivity index (χ0n) is 21.6. The van der Waals surface area contributed by atoms with Gasteiger partial charge in [0.2, 0.25) is 5.78 Å². The standard InChI is InChI=1S/C31H26ClNO6/c1-17(2)38-26(34)14-19-7-10-23(11-8-19)33-28(20-6-4-5-18(3)13-20)27(30(36)31(33)37)29(35)25-16-21-15-22(32)9-12-24(21)39-25/h4-13,15-17,28,36H,14H2,1-3H3. The lowest BCUT2D eigenvalue weighted by molar-refractivity contribution is -0.146. The predicted octanol–water partition coefficient (Wildman–Crippen LogP) is 6.67. The molecule has 7 nitrogen and oxygen atoms in total. The number of ether oxygens (including phenoxy) is 1. The van der Waals surface area contributed by atoms with Crippen molar-refractivity contribution in [2.75, 3.05) is 4.90 Å². The molecular weight excluding hydrogens is 518 g/mol. The van der Waals surface area contributed by atoms with Gasteiger partial charge in [0.05, 0.1) is 24.1 Å². The second-order valence-corrected chi connectivity index (χ2v) is 10.2. The number of esters is 1. The molecule has 1 amide bonds. The van der Waals surface area contributed by atoms with E-state index >= 15 is 0 Å². The number of aliphatic hydroxyl groups is 1. The summed E-state index contributed by atoms with van der Waals surface area (Å²) in [5.74, 6) is -2.33. The quantitative estimate of drug-likeness (QED) is 0.206. The summed E-state index contributed by atoms with van der Waals surface area (Å²) in [4.78, 5) is 40.7. The fourth-order valence-electron chi connectivity index (χ4n) is 4.76. The lowest BCUT2D eigenvalue weighted by atomic mass is 9.93. The maximum Gasteiger partial charge on any atom is 0.310 e. The van der Waals surface area contributed by atoms with Crippen molar-refractivity contribution in [2.24, 2.45) is 0 Å². The number of rotatable bonds is 7. The fraction of sp³-hybridized carbons (Fsp3) is 0.194. The van der Waals surface area contributed by atoms with Crippen molar-refractivity contribution in [1.82, 2.24) is 0 Å². The minimum Gasteiger partial charge on any atom is -0.503 e. The normalized spacial score (nSPS) is 15.5. The maximum atomic E-state index is 13.8. The van der Waals surface area contributed by atoms with Gasteiger partial charge in [-0.15, -0.1) is 0 Å². The van der Waals surface area contributed by atoms with Gasteiger partial charge in [-0.3, -0.25) is 19.3 Å². The third-order valence-electron chi connectivity index (χ3n) is 6.44. The Morgan fingerprint density at radius 1 is 1.05 bits per heavy atom. The lowest BCUT2D eigenvalue weighted by Gasteiger charge is -2.27. The first-order valence-electron chi connectivity index (χ1n) is 12.5. The summed E-state index contributed by atoms with van der Waals surface area (Å²) < 4.78 is 11.0. The van der Waals surface area contributed by atoms with Crippen LogP contribution in [0.4, 0.5) is 5.69 Å². The first-order chi connectivity index (χ1) is 18.6. The number of benzene rings is 3. The van der Waals surface area contributed by atoms with Gasteiger partial charge in [0.25, 0.3) is 5.91 Å². The average Bonchev–Trinajstić information content (AvgIpc) is 3.42. The van der Waals surface area contributed by atoms with Crippen LogP contribution in [-0.4, -0.2) is 28.9 Å². The van der Waals surface area contributed by atoms with Gasteiger partial charge in [-0.05, 0) is 68.3 Å². The van der Waals surface area contributed by atoms with Gasteiger partial charge in [0.15, 0.2) is 11.5 Å². The molecule has 0 saturated carbocycles. The summed E-state index contributed by atoms with van der Waals surface area (Å²) in [6.07, 6.45) is -0.139. The number of nitrogens with zero attached hydrogens (tertiary/aromatic N) is 1. The van der Waals surface area contributed by atoms with E-state index in [1.807, 2.05) is 25.1 Å². The zero-order valence-corrected chi connectivity index (χ0v) is 22.4. The van der Waals surface area contributed by atoms with Gasteiger partial charge < -0.3 is 14.3 Å². The van der Waals surface area contributed by atoms with Gasteiger partial charge in [-0.25, -0.2) is 0 Å². The van der Waals surface area contributed by atoms with Crippen molar-refractivity contribution in [3.63, 3.8) is 0 Å². The van der Waals surface area contributed by atoms with Gasteiger partial charge in [-0.1, -0.05) is 53.6 Å². The van der Waals surface area contributed by atoms with Crippen LogP contribution < -0.4 is 4.90 Å². The van der Waals surface area contributed by atoms with Crippen molar-refractivity contribution < 1.29 is 28.6 Å². The number of Topliss-reactive ketones (excluding diaryl/α,β-unsaturated/α-hetero) is 1. The van der Waals surface area contributed by atoms with Crippen molar-refractivity contribution in [1.29, 1.82) is 0 Å². The van der Waals surface area contributed by atoms with Gasteiger partial charge in [0.1, 0.15) is 5.58 Å². The molecule has 39 heavy (non-hydrogen) atoms. The Morgan fingerprint density at radius 3 is 2.49 bits per heavy atom. The molecule has 1 aromatic heterocycles. The number of anilines is 1. The van der Waals surface area contributed by atoms with E-state index in [1.165, 1.54) is 4.90 Å². The van der Waals surface area contributed by atoms with E-state index in [0.717, 1.165) is 5.56 Å². The van der Waals surface area contributed by atoms with Gasteiger partial charge in [0, 0.05) is 16.1 Å². The highest BCUT2D eigenvalue weighted by atomic mass is 35.5. The number of aryl methyl sites for hydroxylation is 1. The molecule has 1 atom stereocenters. The molecule has 3 aromatic carbocycles. The first kappa shape index (κ1) is 26.3. The molecule has 1 aliphatic rings. The van der Waals surface area contributed by atoms with Crippen molar-refractivity contribution >= 4 is 45.9 Å². The molecule has 2 heterocycles. The van der Waals surface area contributed by atoms with E-state index in [2.05, 4.69) is 0 Å². The average molecular weight is 544 g/mol. The Morgan fingerprint density at radius 2 is 1.79 bits per heavy atom. The Labute approximate surface area is 230 Å². The molecule has 1 unspecified atom stereocenters. The van der Waals surface area contributed by atoms with E-state index in [9.17, 15) is 19.5 Å². The molecular formula is C31H26ClNO6. The zero-order chi connectivity index (χ0) is 27.8. The molecule has 1 aliphatic heterocycles. The second kappa shape index (κ2) is 10.4. The maximum absolute atomic E-state index is 13.8. The summed E-state index contributed by atoms with van der Waals surface area (Å²) in [5.41, 5.74) is 3.12. The highest BCUT2D eigenvalue weighted by Crippen LogP contribution is 2.42. The molecule has 0 radical (unpaired) electrons. The molecule has 5 rings (SSSR count). The molecule has 198 valence electrons. The number of hydrogen-bond donors (Lipinski definition) is 1. The number of carbonyl (C=O) groups is 3. The Hall–Kier alpha value is -4.36. The number of hydrogen-bond acceptors (Lipinski definition) is 6. The van der Waals surface area contributed by atoms with Crippen LogP contribution in [-0.2, 0) is 20.7 Å². The monoisotopic (exact) mass is 543 g/mol. The second-order valence-electron chi connectivity index (χ2n) is 9.76. The highest BCUT2D eigenvalue weighted by molar-refractivity contribution is 6.31. The Balaban J connectivity index is 1.54. The minimum atomic E-state index is -0.904. The number of furan rings is 1. The van der Waals surface area contributed by atoms with Crippen LogP contribution >= 0.6 is 11.6 Å². The molecule has 1 N–H and O–H groups in total. The van der Waals surface area contributed by atoms with Crippen molar-refractivity contribution in [2.45, 2.75) is 39.3 Å². The van der Waals surface area contributed by atoms with E-state index < -0.39 is 23.5 Å². The Kier molecular flexibility index (Phi) is 7.02. The first-order valence-corrected chi connectivity index (χ1v) is 12.9. The third-order valence-corrected chi connectivity index (χ3v) is 6.68. The minimum absolute atomic E-state index is 0.0138. The largest absolute Gasteiger partial charge is 0.503 e. The number of ketones is 1. The number of carbonyl (C=O) groups excluding carboxylic acids is 3. The smallest absolute Gasteiger partial charge is 0.310 e. The van der Waals surface area contributed by atoms with E-state index in [1.54, 1.807) is 68.4 Å². The van der Waals surface area contributed by atoms with Crippen LogP contribution in [0.2, 0.25) is 5.02 Å². The van der Waals surface area contributed by atoms with Crippen molar-refractivity contribution in [3.8, 4) is 0 Å². The predicted molar refractivity (Wildman–Crippen MR) is 148 cm³/mol.